The lowest BCUT2D eigenvalue weighted by Gasteiger charge is -2.20. The summed E-state index contributed by atoms with van der Waals surface area (Å²) in [6.45, 7) is 4.96. The Bertz CT molecular complexity index is 383. The molecule has 0 spiro atoms. The first-order valence-corrected chi connectivity index (χ1v) is 7.53. The molecule has 0 atom stereocenters. The average molecular weight is 267 g/mol. The van der Waals surface area contributed by atoms with Gasteiger partial charge in [0, 0.05) is 25.0 Å². The van der Waals surface area contributed by atoms with Crippen molar-refractivity contribution in [2.24, 2.45) is 0 Å². The topological polar surface area (TPSA) is 45.2 Å². The molecule has 2 heterocycles. The molecule has 5 heteroatoms. The number of thiazole rings is 1. The average Bonchev–Trinajstić information content (AvgIpc) is 2.63. The van der Waals surface area contributed by atoms with Crippen molar-refractivity contribution >= 4 is 17.2 Å². The van der Waals surface area contributed by atoms with Crippen LogP contribution in [0, 0.1) is 6.92 Å². The molecule has 100 valence electrons. The molecule has 1 amide bonds. The minimum Gasteiger partial charge on any atom is -0.342 e. The van der Waals surface area contributed by atoms with Crippen LogP contribution in [0.1, 0.15) is 36.4 Å². The summed E-state index contributed by atoms with van der Waals surface area (Å²) in [6, 6.07) is 0. The molecular weight excluding hydrogens is 246 g/mol. The molecule has 1 N–H and O–H groups in total. The molecule has 2 rings (SSSR count). The Morgan fingerprint density at radius 2 is 2.11 bits per heavy atom. The fraction of sp³-hybridized carbons (Fsp3) is 0.692. The van der Waals surface area contributed by atoms with Gasteiger partial charge in [-0.1, -0.05) is 12.8 Å². The maximum atomic E-state index is 12.0. The SMILES string of the molecule is Cc1nc(CNCC(=O)N2CCCCCC2)cs1. The van der Waals surface area contributed by atoms with Crippen molar-refractivity contribution in [1.29, 1.82) is 0 Å². The van der Waals surface area contributed by atoms with E-state index >= 15 is 0 Å². The summed E-state index contributed by atoms with van der Waals surface area (Å²) in [4.78, 5) is 18.4. The first-order valence-electron chi connectivity index (χ1n) is 6.65. The monoisotopic (exact) mass is 267 g/mol. The number of nitrogens with zero attached hydrogens (tertiary/aromatic N) is 2. The lowest BCUT2D eigenvalue weighted by Crippen LogP contribution is -2.38. The highest BCUT2D eigenvalue weighted by atomic mass is 32.1. The van der Waals surface area contributed by atoms with E-state index in [1.54, 1.807) is 11.3 Å². The Morgan fingerprint density at radius 1 is 1.39 bits per heavy atom. The van der Waals surface area contributed by atoms with Crippen LogP contribution < -0.4 is 5.32 Å². The number of nitrogens with one attached hydrogen (secondary N) is 1. The third kappa shape index (κ3) is 4.07. The lowest BCUT2D eigenvalue weighted by molar-refractivity contribution is -0.130. The normalized spacial score (nSPS) is 16.6. The van der Waals surface area contributed by atoms with E-state index in [1.165, 1.54) is 12.8 Å². The summed E-state index contributed by atoms with van der Waals surface area (Å²) in [5.41, 5.74) is 1.03. The molecule has 0 aliphatic carbocycles. The van der Waals surface area contributed by atoms with Gasteiger partial charge >= 0.3 is 0 Å². The molecule has 1 aromatic rings. The summed E-state index contributed by atoms with van der Waals surface area (Å²) < 4.78 is 0. The predicted molar refractivity (Wildman–Crippen MR) is 73.6 cm³/mol. The van der Waals surface area contributed by atoms with Crippen LogP contribution in [-0.4, -0.2) is 35.4 Å². The number of amides is 1. The van der Waals surface area contributed by atoms with Crippen LogP contribution in [0.2, 0.25) is 0 Å². The Morgan fingerprint density at radius 3 is 2.72 bits per heavy atom. The molecule has 0 bridgehead atoms. The number of aromatic nitrogens is 1. The molecule has 1 fully saturated rings. The van der Waals surface area contributed by atoms with Crippen LogP contribution in [0.3, 0.4) is 0 Å². The van der Waals surface area contributed by atoms with E-state index in [0.717, 1.165) is 36.6 Å². The highest BCUT2D eigenvalue weighted by Gasteiger charge is 2.14. The molecule has 0 aromatic carbocycles. The molecule has 4 nitrogen and oxygen atoms in total. The van der Waals surface area contributed by atoms with Crippen molar-refractivity contribution in [2.75, 3.05) is 19.6 Å². The number of hydrogen-bond acceptors (Lipinski definition) is 4. The van der Waals surface area contributed by atoms with Gasteiger partial charge in [0.05, 0.1) is 17.2 Å². The minimum absolute atomic E-state index is 0.226. The van der Waals surface area contributed by atoms with Gasteiger partial charge in [0.25, 0.3) is 0 Å². The summed E-state index contributed by atoms with van der Waals surface area (Å²) in [6.07, 6.45) is 4.82. The summed E-state index contributed by atoms with van der Waals surface area (Å²) in [7, 11) is 0. The van der Waals surface area contributed by atoms with Gasteiger partial charge in [-0.15, -0.1) is 11.3 Å². The second kappa shape index (κ2) is 6.85. The Hall–Kier alpha value is -0.940. The van der Waals surface area contributed by atoms with Gasteiger partial charge in [-0.3, -0.25) is 4.79 Å². The van der Waals surface area contributed by atoms with Gasteiger partial charge in [-0.05, 0) is 19.8 Å². The molecule has 1 saturated heterocycles. The van der Waals surface area contributed by atoms with Gasteiger partial charge in [-0.25, -0.2) is 4.98 Å². The van der Waals surface area contributed by atoms with Gasteiger partial charge in [0.15, 0.2) is 0 Å². The van der Waals surface area contributed by atoms with Crippen LogP contribution >= 0.6 is 11.3 Å². The van der Waals surface area contributed by atoms with Crippen molar-refractivity contribution in [3.63, 3.8) is 0 Å². The molecular formula is C13H21N3OS. The Kier molecular flexibility index (Phi) is 5.13. The van der Waals surface area contributed by atoms with Crippen molar-refractivity contribution < 1.29 is 4.79 Å². The summed E-state index contributed by atoms with van der Waals surface area (Å²) in [5, 5.41) is 6.30. The third-order valence-electron chi connectivity index (χ3n) is 3.21. The zero-order chi connectivity index (χ0) is 12.8. The van der Waals surface area contributed by atoms with Gasteiger partial charge < -0.3 is 10.2 Å². The Balaban J connectivity index is 1.70. The second-order valence-corrected chi connectivity index (χ2v) is 5.82. The third-order valence-corrected chi connectivity index (χ3v) is 4.03. The van der Waals surface area contributed by atoms with E-state index in [0.29, 0.717) is 13.1 Å². The highest BCUT2D eigenvalue weighted by Crippen LogP contribution is 2.10. The summed E-state index contributed by atoms with van der Waals surface area (Å²) in [5.74, 6) is 0.226. The van der Waals surface area contributed by atoms with Gasteiger partial charge in [0.2, 0.25) is 5.91 Å². The number of rotatable bonds is 4. The molecule has 1 aromatic heterocycles. The predicted octanol–water partition coefficient (Wildman–Crippen LogP) is 1.94. The van der Waals surface area contributed by atoms with Crippen molar-refractivity contribution in [2.45, 2.75) is 39.2 Å². The first-order chi connectivity index (χ1) is 8.75. The van der Waals surface area contributed by atoms with E-state index in [4.69, 9.17) is 0 Å². The van der Waals surface area contributed by atoms with Crippen LogP contribution in [0.15, 0.2) is 5.38 Å². The second-order valence-electron chi connectivity index (χ2n) is 4.76. The standard InChI is InChI=1S/C13H21N3OS/c1-11-15-12(10-18-11)8-14-9-13(17)16-6-4-2-3-5-7-16/h10,14H,2-9H2,1H3. The minimum atomic E-state index is 0.226. The van der Waals surface area contributed by atoms with Crippen LogP contribution in [-0.2, 0) is 11.3 Å². The van der Waals surface area contributed by atoms with E-state index in [9.17, 15) is 4.79 Å². The number of carbonyl (C=O) groups excluding carboxylic acids is 1. The number of hydrogen-bond donors (Lipinski definition) is 1. The maximum Gasteiger partial charge on any atom is 0.236 e. The van der Waals surface area contributed by atoms with E-state index < -0.39 is 0 Å². The van der Waals surface area contributed by atoms with Crippen molar-refractivity contribution in [3.8, 4) is 0 Å². The molecule has 0 unspecified atom stereocenters. The molecule has 0 radical (unpaired) electrons. The zero-order valence-electron chi connectivity index (χ0n) is 10.9. The van der Waals surface area contributed by atoms with E-state index in [-0.39, 0.29) is 5.91 Å². The molecule has 0 saturated carbocycles. The largest absolute Gasteiger partial charge is 0.342 e. The van der Waals surface area contributed by atoms with Crippen LogP contribution in [0.5, 0.6) is 0 Å². The van der Waals surface area contributed by atoms with Gasteiger partial charge in [0.1, 0.15) is 0 Å². The molecule has 1 aliphatic heterocycles. The highest BCUT2D eigenvalue weighted by molar-refractivity contribution is 7.09. The quantitative estimate of drug-likeness (QED) is 0.907. The summed E-state index contributed by atoms with van der Waals surface area (Å²) >= 11 is 1.65. The maximum absolute atomic E-state index is 12.0. The lowest BCUT2D eigenvalue weighted by atomic mass is 10.2. The molecule has 18 heavy (non-hydrogen) atoms. The van der Waals surface area contributed by atoms with E-state index in [1.807, 2.05) is 17.2 Å². The fourth-order valence-corrected chi connectivity index (χ4v) is 2.83. The molecule has 1 aliphatic rings. The zero-order valence-corrected chi connectivity index (χ0v) is 11.8. The fourth-order valence-electron chi connectivity index (χ4n) is 2.22. The number of likely N-dealkylation sites (tertiary alicyclic amines) is 1. The Labute approximate surface area is 112 Å². The number of carbonyl (C=O) groups is 1. The smallest absolute Gasteiger partial charge is 0.236 e. The van der Waals surface area contributed by atoms with Gasteiger partial charge in [-0.2, -0.15) is 0 Å². The number of aryl methyl sites for hydroxylation is 1. The van der Waals surface area contributed by atoms with E-state index in [2.05, 4.69) is 10.3 Å². The van der Waals surface area contributed by atoms with Crippen LogP contribution in [0.25, 0.3) is 0 Å². The van der Waals surface area contributed by atoms with Crippen molar-refractivity contribution in [3.05, 3.63) is 16.1 Å². The van der Waals surface area contributed by atoms with Crippen LogP contribution in [0.4, 0.5) is 0 Å². The van der Waals surface area contributed by atoms with Crippen molar-refractivity contribution in [1.82, 2.24) is 15.2 Å². The first kappa shape index (κ1) is 13.5.